The second-order valence-electron chi connectivity index (χ2n) is 8.28. The molecule has 0 aliphatic heterocycles. The number of hydrogen-bond acceptors (Lipinski definition) is 7. The van der Waals surface area contributed by atoms with E-state index in [2.05, 4.69) is 31.2 Å². The van der Waals surface area contributed by atoms with E-state index >= 15 is 0 Å². The summed E-state index contributed by atoms with van der Waals surface area (Å²) in [5, 5.41) is 12.0. The molecule has 208 valence electrons. The fraction of sp³-hybridized carbons (Fsp3) is 0.143. The first kappa shape index (κ1) is 30.6. The quantitative estimate of drug-likeness (QED) is 0.200. The number of amides is 2. The van der Waals surface area contributed by atoms with Gasteiger partial charge in [-0.1, -0.05) is 53.5 Å². The molecule has 0 fully saturated rings. The van der Waals surface area contributed by atoms with Gasteiger partial charge in [-0.2, -0.15) is 0 Å². The number of anilines is 4. The van der Waals surface area contributed by atoms with Gasteiger partial charge in [0, 0.05) is 38.4 Å². The van der Waals surface area contributed by atoms with Gasteiger partial charge in [-0.15, -0.1) is 0 Å². The highest BCUT2D eigenvalue weighted by Crippen LogP contribution is 2.27. The molecule has 40 heavy (non-hydrogen) atoms. The van der Waals surface area contributed by atoms with Gasteiger partial charge in [0.15, 0.2) is 0 Å². The average Bonchev–Trinajstić information content (AvgIpc) is 2.94. The van der Waals surface area contributed by atoms with Crippen molar-refractivity contribution < 1.29 is 13.8 Å². The monoisotopic (exact) mass is 598 g/mol. The van der Waals surface area contributed by atoms with Crippen molar-refractivity contribution in [2.24, 2.45) is 0 Å². The van der Waals surface area contributed by atoms with Gasteiger partial charge in [0.2, 0.25) is 0 Å². The van der Waals surface area contributed by atoms with Gasteiger partial charge < -0.3 is 21.3 Å². The highest BCUT2D eigenvalue weighted by Gasteiger charge is 2.14. The molecule has 2 amide bonds. The number of benzene rings is 2. The maximum atomic E-state index is 11.9. The maximum Gasteiger partial charge on any atom is 0.254 e. The summed E-state index contributed by atoms with van der Waals surface area (Å²) in [6, 6.07) is 18.2. The number of nitrogens with zero attached hydrogens (tertiary/aromatic N) is 2. The van der Waals surface area contributed by atoms with Crippen LogP contribution in [0.3, 0.4) is 0 Å². The van der Waals surface area contributed by atoms with E-state index in [0.717, 1.165) is 11.3 Å². The minimum absolute atomic E-state index is 0.208. The third kappa shape index (κ3) is 8.01. The van der Waals surface area contributed by atoms with E-state index in [0.29, 0.717) is 38.2 Å². The van der Waals surface area contributed by atoms with Crippen LogP contribution in [-0.4, -0.2) is 46.3 Å². The standard InChI is InChI=1S/C14H14ClN3O2S.C14H14ClN3O/c1-16-14(19)9-8-17-13(15)7-11(9)18-10-5-3-4-6-12(10)21(2)20;1-9-5-3-4-6-11(9)18-12-7-13(15)17-8-10(12)14(19)16-2/h3-8H,1-2H3,(H,16,19)(H,17,18);3-8H,1-2H3,(H,16,19)(H,17,18). The lowest BCUT2D eigenvalue weighted by molar-refractivity contribution is 0.0955. The predicted octanol–water partition coefficient (Wildman–Crippen LogP) is 5.72. The van der Waals surface area contributed by atoms with Crippen LogP contribution in [0.1, 0.15) is 26.3 Å². The molecule has 0 radical (unpaired) electrons. The zero-order valence-corrected chi connectivity index (χ0v) is 24.5. The molecule has 0 saturated carbocycles. The summed E-state index contributed by atoms with van der Waals surface area (Å²) in [6.45, 7) is 1.99. The van der Waals surface area contributed by atoms with Crippen molar-refractivity contribution >= 4 is 68.6 Å². The average molecular weight is 600 g/mol. The number of aromatic nitrogens is 2. The summed E-state index contributed by atoms with van der Waals surface area (Å²) in [4.78, 5) is 32.1. The molecule has 2 heterocycles. The van der Waals surface area contributed by atoms with Crippen LogP contribution in [0, 0.1) is 6.92 Å². The Bertz CT molecular complexity index is 1550. The topological polar surface area (TPSA) is 125 Å². The SMILES string of the molecule is CNC(=O)c1cnc(Cl)cc1Nc1ccccc1C.CNC(=O)c1cnc(Cl)cc1Nc1ccccc1S(C)=O. The van der Waals surface area contributed by atoms with E-state index in [9.17, 15) is 13.8 Å². The fourth-order valence-electron chi connectivity index (χ4n) is 3.52. The summed E-state index contributed by atoms with van der Waals surface area (Å²) in [6.07, 6.45) is 4.45. The van der Waals surface area contributed by atoms with Crippen molar-refractivity contribution in [2.45, 2.75) is 11.8 Å². The molecule has 0 aliphatic carbocycles. The zero-order chi connectivity index (χ0) is 29.2. The molecule has 0 saturated heterocycles. The summed E-state index contributed by atoms with van der Waals surface area (Å²) in [5.74, 6) is -0.489. The Hall–Kier alpha value is -3.99. The lowest BCUT2D eigenvalue weighted by Gasteiger charge is -2.13. The molecular weight excluding hydrogens is 571 g/mol. The van der Waals surface area contributed by atoms with Crippen molar-refractivity contribution in [2.75, 3.05) is 31.0 Å². The molecule has 0 bridgehead atoms. The van der Waals surface area contributed by atoms with Crippen molar-refractivity contribution in [1.82, 2.24) is 20.6 Å². The Morgan fingerprint density at radius 2 is 1.18 bits per heavy atom. The molecule has 4 rings (SSSR count). The molecule has 2 aromatic heterocycles. The van der Waals surface area contributed by atoms with Crippen LogP contribution in [0.4, 0.5) is 22.7 Å². The molecule has 4 aromatic rings. The minimum atomic E-state index is -1.15. The fourth-order valence-corrected chi connectivity index (χ4v) is 4.54. The van der Waals surface area contributed by atoms with Crippen molar-refractivity contribution in [3.05, 3.63) is 100 Å². The molecule has 0 aliphatic rings. The molecule has 4 N–H and O–H groups in total. The molecule has 0 spiro atoms. The van der Waals surface area contributed by atoms with Crippen LogP contribution >= 0.6 is 23.2 Å². The van der Waals surface area contributed by atoms with Gasteiger partial charge >= 0.3 is 0 Å². The molecule has 1 unspecified atom stereocenters. The highest BCUT2D eigenvalue weighted by molar-refractivity contribution is 7.84. The van der Waals surface area contributed by atoms with Crippen molar-refractivity contribution in [1.29, 1.82) is 0 Å². The van der Waals surface area contributed by atoms with Gasteiger partial charge in [0.1, 0.15) is 10.3 Å². The lowest BCUT2D eigenvalue weighted by Crippen LogP contribution is -2.19. The number of rotatable bonds is 7. The number of aryl methyl sites for hydroxylation is 1. The second kappa shape index (κ2) is 14.4. The van der Waals surface area contributed by atoms with Crippen LogP contribution in [0.25, 0.3) is 0 Å². The molecule has 1 atom stereocenters. The van der Waals surface area contributed by atoms with Crippen LogP contribution in [0.2, 0.25) is 10.3 Å². The maximum absolute atomic E-state index is 11.9. The number of halogens is 2. The van der Waals surface area contributed by atoms with Crippen LogP contribution < -0.4 is 21.3 Å². The number of carbonyl (C=O) groups excluding carboxylic acids is 2. The third-order valence-electron chi connectivity index (χ3n) is 5.57. The van der Waals surface area contributed by atoms with Crippen LogP contribution in [0.5, 0.6) is 0 Å². The van der Waals surface area contributed by atoms with Gasteiger partial charge in [0.25, 0.3) is 11.8 Å². The number of hydrogen-bond donors (Lipinski definition) is 4. The van der Waals surface area contributed by atoms with Gasteiger partial charge in [0.05, 0.1) is 43.9 Å². The summed E-state index contributed by atoms with van der Waals surface area (Å²) < 4.78 is 11.8. The van der Waals surface area contributed by atoms with E-state index < -0.39 is 10.8 Å². The minimum Gasteiger partial charge on any atom is -0.355 e. The third-order valence-corrected chi connectivity index (χ3v) is 6.95. The number of carbonyl (C=O) groups is 2. The van der Waals surface area contributed by atoms with Gasteiger partial charge in [-0.25, -0.2) is 9.97 Å². The second-order valence-corrected chi connectivity index (χ2v) is 10.4. The molecular formula is C28H28Cl2N6O3S. The normalized spacial score (nSPS) is 10.9. The lowest BCUT2D eigenvalue weighted by atomic mass is 10.1. The van der Waals surface area contributed by atoms with E-state index in [4.69, 9.17) is 23.2 Å². The van der Waals surface area contributed by atoms with E-state index in [1.54, 1.807) is 43.6 Å². The van der Waals surface area contributed by atoms with Gasteiger partial charge in [-0.3, -0.25) is 13.8 Å². The summed E-state index contributed by atoms with van der Waals surface area (Å²) in [7, 11) is 1.97. The summed E-state index contributed by atoms with van der Waals surface area (Å²) >= 11 is 11.8. The molecule has 12 heteroatoms. The Morgan fingerprint density at radius 1 is 0.725 bits per heavy atom. The largest absolute Gasteiger partial charge is 0.355 e. The summed E-state index contributed by atoms with van der Waals surface area (Å²) in [5.41, 5.74) is 4.62. The number of pyridine rings is 2. The predicted molar refractivity (Wildman–Crippen MR) is 162 cm³/mol. The van der Waals surface area contributed by atoms with E-state index in [-0.39, 0.29) is 17.0 Å². The first-order valence-corrected chi connectivity index (χ1v) is 14.2. The van der Waals surface area contributed by atoms with Crippen LogP contribution in [0.15, 0.2) is 78.0 Å². The first-order valence-electron chi connectivity index (χ1n) is 11.9. The Labute approximate surface area is 245 Å². The van der Waals surface area contributed by atoms with Crippen LogP contribution in [-0.2, 0) is 10.8 Å². The molecule has 9 nitrogen and oxygen atoms in total. The van der Waals surface area contributed by atoms with E-state index in [1.807, 2.05) is 37.3 Å². The Morgan fingerprint density at radius 3 is 1.65 bits per heavy atom. The van der Waals surface area contributed by atoms with Gasteiger partial charge in [-0.05, 0) is 42.8 Å². The number of nitrogens with one attached hydrogen (secondary N) is 4. The van der Waals surface area contributed by atoms with Crippen molar-refractivity contribution in [3.8, 4) is 0 Å². The number of para-hydroxylation sites is 2. The van der Waals surface area contributed by atoms with E-state index in [1.165, 1.54) is 19.4 Å². The highest BCUT2D eigenvalue weighted by atomic mass is 35.5. The first-order chi connectivity index (χ1) is 19.1. The zero-order valence-electron chi connectivity index (χ0n) is 22.2. The Kier molecular flexibility index (Phi) is 11.0. The van der Waals surface area contributed by atoms with Crippen molar-refractivity contribution in [3.63, 3.8) is 0 Å². The Balaban J connectivity index is 0.000000222. The smallest absolute Gasteiger partial charge is 0.254 e. The molecule has 2 aromatic carbocycles.